The number of nitrogens with two attached hydrogens (primary N) is 1. The average molecular weight is 333 g/mol. The van der Waals surface area contributed by atoms with Crippen molar-refractivity contribution in [1.82, 2.24) is 10.9 Å². The number of anilines is 2. The number of carbonyl (C=O) groups excluding carboxylic acids is 2. The summed E-state index contributed by atoms with van der Waals surface area (Å²) in [4.78, 5) is 26.0. The molecule has 0 saturated heterocycles. The van der Waals surface area contributed by atoms with Gasteiger partial charge in [-0.3, -0.25) is 20.4 Å². The largest absolute Gasteiger partial charge is 0.398 e. The lowest BCUT2D eigenvalue weighted by Crippen LogP contribution is -2.41. The van der Waals surface area contributed by atoms with Crippen LogP contribution in [0, 0.1) is 0 Å². The maximum Gasteiger partial charge on any atom is 0.271 e. The van der Waals surface area contributed by atoms with Gasteiger partial charge in [0.05, 0.1) is 5.56 Å². The Morgan fingerprint density at radius 1 is 1.00 bits per heavy atom. The molecule has 0 bridgehead atoms. The number of halogens is 1. The second kappa shape index (κ2) is 7.02. The number of nitrogens with zero attached hydrogens (tertiary/aromatic N) is 1. The molecule has 6 nitrogen and oxygen atoms in total. The molecule has 0 unspecified atom stereocenters. The molecule has 7 heteroatoms. The topological polar surface area (TPSA) is 87.5 Å². The van der Waals surface area contributed by atoms with Gasteiger partial charge in [-0.2, -0.15) is 0 Å². The lowest BCUT2D eigenvalue weighted by Gasteiger charge is -2.13. The van der Waals surface area contributed by atoms with E-state index in [-0.39, 0.29) is 11.3 Å². The molecule has 120 valence electrons. The van der Waals surface area contributed by atoms with Crippen molar-refractivity contribution in [1.29, 1.82) is 0 Å². The van der Waals surface area contributed by atoms with E-state index in [0.717, 1.165) is 5.69 Å². The van der Waals surface area contributed by atoms with E-state index in [1.54, 1.807) is 18.2 Å². The lowest BCUT2D eigenvalue weighted by molar-refractivity contribution is 0.0847. The first-order valence-corrected chi connectivity index (χ1v) is 7.19. The molecule has 0 aromatic heterocycles. The first kappa shape index (κ1) is 16.6. The summed E-state index contributed by atoms with van der Waals surface area (Å²) in [6.07, 6.45) is 0. The van der Waals surface area contributed by atoms with E-state index < -0.39 is 11.8 Å². The van der Waals surface area contributed by atoms with Crippen LogP contribution < -0.4 is 21.5 Å². The van der Waals surface area contributed by atoms with Crippen molar-refractivity contribution in [3.63, 3.8) is 0 Å². The highest BCUT2D eigenvalue weighted by molar-refractivity contribution is 6.31. The van der Waals surface area contributed by atoms with Crippen molar-refractivity contribution in [2.24, 2.45) is 0 Å². The van der Waals surface area contributed by atoms with Crippen molar-refractivity contribution in [2.75, 3.05) is 24.7 Å². The fourth-order valence-electron chi connectivity index (χ4n) is 1.89. The number of hydrogen-bond acceptors (Lipinski definition) is 4. The van der Waals surface area contributed by atoms with Gasteiger partial charge in [-0.25, -0.2) is 0 Å². The lowest BCUT2D eigenvalue weighted by atomic mass is 10.1. The van der Waals surface area contributed by atoms with Crippen LogP contribution in [0.1, 0.15) is 20.7 Å². The molecule has 0 aliphatic heterocycles. The standard InChI is InChI=1S/C16H17ClN4O2/c1-21(2)12-6-3-10(4-7-12)15(22)19-20-16(23)13-9-11(17)5-8-14(13)18/h3-9H,18H2,1-2H3,(H,19,22)(H,20,23). The summed E-state index contributed by atoms with van der Waals surface area (Å²) in [7, 11) is 3.81. The molecule has 2 amide bonds. The molecular formula is C16H17ClN4O2. The Kier molecular flexibility index (Phi) is 5.08. The highest BCUT2D eigenvalue weighted by Gasteiger charge is 2.12. The quantitative estimate of drug-likeness (QED) is 0.593. The van der Waals surface area contributed by atoms with E-state index in [2.05, 4.69) is 10.9 Å². The van der Waals surface area contributed by atoms with Crippen LogP contribution in [-0.4, -0.2) is 25.9 Å². The fraction of sp³-hybridized carbons (Fsp3) is 0.125. The normalized spacial score (nSPS) is 10.0. The molecule has 0 heterocycles. The summed E-state index contributed by atoms with van der Waals surface area (Å²) < 4.78 is 0. The minimum atomic E-state index is -0.539. The summed E-state index contributed by atoms with van der Waals surface area (Å²) in [6.45, 7) is 0. The second-order valence-corrected chi connectivity index (χ2v) is 5.52. The van der Waals surface area contributed by atoms with Gasteiger partial charge in [0.15, 0.2) is 0 Å². The van der Waals surface area contributed by atoms with Gasteiger partial charge in [0.1, 0.15) is 0 Å². The zero-order valence-corrected chi connectivity index (χ0v) is 13.5. The summed E-state index contributed by atoms with van der Waals surface area (Å²) in [5.41, 5.74) is 12.2. The molecule has 0 aliphatic rings. The molecule has 2 aromatic rings. The Bertz CT molecular complexity index is 729. The third-order valence-corrected chi connectivity index (χ3v) is 3.43. The van der Waals surface area contributed by atoms with Gasteiger partial charge >= 0.3 is 0 Å². The van der Waals surface area contributed by atoms with Gasteiger partial charge in [-0.15, -0.1) is 0 Å². The molecule has 0 aliphatic carbocycles. The van der Waals surface area contributed by atoms with Crippen LogP contribution >= 0.6 is 11.6 Å². The third kappa shape index (κ3) is 4.14. The van der Waals surface area contributed by atoms with Crippen molar-refractivity contribution >= 4 is 34.8 Å². The maximum absolute atomic E-state index is 12.0. The van der Waals surface area contributed by atoms with E-state index in [4.69, 9.17) is 17.3 Å². The Morgan fingerprint density at radius 2 is 1.61 bits per heavy atom. The van der Waals surface area contributed by atoms with Gasteiger partial charge in [0, 0.05) is 36.1 Å². The highest BCUT2D eigenvalue weighted by Crippen LogP contribution is 2.17. The Balaban J connectivity index is 2.01. The molecule has 0 fully saturated rings. The molecule has 0 saturated carbocycles. The molecule has 0 atom stereocenters. The Morgan fingerprint density at radius 3 is 2.22 bits per heavy atom. The SMILES string of the molecule is CN(C)c1ccc(C(=O)NNC(=O)c2cc(Cl)ccc2N)cc1. The van der Waals surface area contributed by atoms with Crippen LogP contribution in [0.3, 0.4) is 0 Å². The van der Waals surface area contributed by atoms with Gasteiger partial charge in [-0.05, 0) is 42.5 Å². The fourth-order valence-corrected chi connectivity index (χ4v) is 2.06. The van der Waals surface area contributed by atoms with Crippen LogP contribution in [0.25, 0.3) is 0 Å². The number of rotatable bonds is 3. The smallest absolute Gasteiger partial charge is 0.271 e. The molecule has 0 radical (unpaired) electrons. The molecule has 4 N–H and O–H groups in total. The number of nitrogen functional groups attached to an aromatic ring is 1. The monoisotopic (exact) mass is 332 g/mol. The van der Waals surface area contributed by atoms with Crippen LogP contribution in [0.2, 0.25) is 5.02 Å². The predicted molar refractivity (Wildman–Crippen MR) is 91.6 cm³/mol. The van der Waals surface area contributed by atoms with Crippen molar-refractivity contribution in [3.05, 3.63) is 58.6 Å². The van der Waals surface area contributed by atoms with Crippen LogP contribution in [0.5, 0.6) is 0 Å². The van der Waals surface area contributed by atoms with Gasteiger partial charge in [-0.1, -0.05) is 11.6 Å². The minimum Gasteiger partial charge on any atom is -0.398 e. The number of nitrogens with one attached hydrogen (secondary N) is 2. The number of hydrogen-bond donors (Lipinski definition) is 3. The number of hydrazine groups is 1. The molecule has 2 aromatic carbocycles. The Hall–Kier alpha value is -2.73. The molecule has 23 heavy (non-hydrogen) atoms. The van der Waals surface area contributed by atoms with Gasteiger partial charge in [0.25, 0.3) is 11.8 Å². The summed E-state index contributed by atoms with van der Waals surface area (Å²) in [5.74, 6) is -0.965. The highest BCUT2D eigenvalue weighted by atomic mass is 35.5. The molecule has 0 spiro atoms. The third-order valence-electron chi connectivity index (χ3n) is 3.20. The zero-order chi connectivity index (χ0) is 17.0. The van der Waals surface area contributed by atoms with Gasteiger partial charge in [0.2, 0.25) is 0 Å². The predicted octanol–water partition coefficient (Wildman–Crippen LogP) is 2.06. The van der Waals surface area contributed by atoms with E-state index in [0.29, 0.717) is 10.6 Å². The number of carbonyl (C=O) groups is 2. The van der Waals surface area contributed by atoms with Crippen molar-refractivity contribution in [2.45, 2.75) is 0 Å². The second-order valence-electron chi connectivity index (χ2n) is 5.08. The molecular weight excluding hydrogens is 316 g/mol. The van der Waals surface area contributed by atoms with Crippen LogP contribution in [0.4, 0.5) is 11.4 Å². The number of amides is 2. The van der Waals surface area contributed by atoms with E-state index in [1.165, 1.54) is 12.1 Å². The summed E-state index contributed by atoms with van der Waals surface area (Å²) >= 11 is 5.83. The summed E-state index contributed by atoms with van der Waals surface area (Å²) in [6, 6.07) is 11.5. The van der Waals surface area contributed by atoms with Gasteiger partial charge < -0.3 is 10.6 Å². The Labute approximate surface area is 139 Å². The van der Waals surface area contributed by atoms with Crippen molar-refractivity contribution in [3.8, 4) is 0 Å². The first-order valence-electron chi connectivity index (χ1n) is 6.81. The summed E-state index contributed by atoms with van der Waals surface area (Å²) in [5, 5.41) is 0.384. The van der Waals surface area contributed by atoms with Crippen LogP contribution in [0.15, 0.2) is 42.5 Å². The first-order chi connectivity index (χ1) is 10.9. The van der Waals surface area contributed by atoms with Crippen LogP contribution in [-0.2, 0) is 0 Å². The zero-order valence-electron chi connectivity index (χ0n) is 12.8. The number of benzene rings is 2. The van der Waals surface area contributed by atoms with E-state index in [1.807, 2.05) is 31.1 Å². The average Bonchev–Trinajstić information content (AvgIpc) is 2.54. The molecule has 2 rings (SSSR count). The van der Waals surface area contributed by atoms with E-state index in [9.17, 15) is 9.59 Å². The van der Waals surface area contributed by atoms with Crippen molar-refractivity contribution < 1.29 is 9.59 Å². The minimum absolute atomic E-state index is 0.195. The maximum atomic E-state index is 12.0. The van der Waals surface area contributed by atoms with E-state index >= 15 is 0 Å².